The third kappa shape index (κ3) is 3.58. The van der Waals surface area contributed by atoms with Gasteiger partial charge in [0.15, 0.2) is 0 Å². The molecule has 94 valence electrons. The highest BCUT2D eigenvalue weighted by atomic mass is 15.1. The zero-order valence-corrected chi connectivity index (χ0v) is 11.0. The maximum absolute atomic E-state index is 9.37. The Labute approximate surface area is 110 Å². The van der Waals surface area contributed by atoms with E-state index in [0.717, 1.165) is 12.0 Å². The average Bonchev–Trinajstić information content (AvgIpc) is 2.41. The molecular weight excluding hydrogens is 220 g/mol. The second-order valence-corrected chi connectivity index (χ2v) is 4.16. The van der Waals surface area contributed by atoms with Gasteiger partial charge in [0.1, 0.15) is 6.04 Å². The van der Waals surface area contributed by atoms with Crippen molar-refractivity contribution >= 4 is 0 Å². The van der Waals surface area contributed by atoms with Crippen molar-refractivity contribution in [2.45, 2.75) is 19.4 Å². The van der Waals surface area contributed by atoms with E-state index in [0.29, 0.717) is 13.1 Å². The van der Waals surface area contributed by atoms with Crippen LogP contribution in [0.5, 0.6) is 0 Å². The van der Waals surface area contributed by atoms with E-state index in [1.807, 2.05) is 29.2 Å². The molecule has 0 aliphatic heterocycles. The van der Waals surface area contributed by atoms with Crippen LogP contribution >= 0.6 is 0 Å². The lowest BCUT2D eigenvalue weighted by Crippen LogP contribution is -2.28. The zero-order chi connectivity index (χ0) is 13.4. The van der Waals surface area contributed by atoms with Gasteiger partial charge in [-0.05, 0) is 17.5 Å². The third-order valence-electron chi connectivity index (χ3n) is 2.92. The molecule has 1 rings (SSSR count). The lowest BCUT2D eigenvalue weighted by atomic mass is 10.0. The monoisotopic (exact) mass is 240 g/mol. The molecule has 1 aromatic rings. The fourth-order valence-corrected chi connectivity index (χ4v) is 1.92. The van der Waals surface area contributed by atoms with Crippen LogP contribution in [-0.2, 0) is 6.42 Å². The molecule has 0 bridgehead atoms. The highest BCUT2D eigenvalue weighted by molar-refractivity contribution is 5.28. The SMILES string of the molecule is C=CCN(CC=C)C(C#N)c1ccc(CC)cc1. The van der Waals surface area contributed by atoms with Crippen LogP contribution in [0.2, 0.25) is 0 Å². The lowest BCUT2D eigenvalue weighted by molar-refractivity contribution is 0.291. The Morgan fingerprint density at radius 2 is 1.78 bits per heavy atom. The first-order chi connectivity index (χ1) is 8.76. The molecule has 0 amide bonds. The summed E-state index contributed by atoms with van der Waals surface area (Å²) in [6, 6.07) is 10.3. The number of nitrogens with zero attached hydrogens (tertiary/aromatic N) is 2. The molecule has 18 heavy (non-hydrogen) atoms. The molecule has 2 nitrogen and oxygen atoms in total. The second-order valence-electron chi connectivity index (χ2n) is 4.16. The quantitative estimate of drug-likeness (QED) is 0.682. The normalized spacial score (nSPS) is 11.8. The van der Waals surface area contributed by atoms with Gasteiger partial charge in [-0.15, -0.1) is 13.2 Å². The molecule has 0 aromatic heterocycles. The Morgan fingerprint density at radius 1 is 1.22 bits per heavy atom. The van der Waals surface area contributed by atoms with E-state index in [-0.39, 0.29) is 6.04 Å². The van der Waals surface area contributed by atoms with Crippen LogP contribution < -0.4 is 0 Å². The molecule has 0 N–H and O–H groups in total. The van der Waals surface area contributed by atoms with Crippen molar-refractivity contribution in [2.24, 2.45) is 0 Å². The lowest BCUT2D eigenvalue weighted by Gasteiger charge is -2.24. The number of hydrogen-bond donors (Lipinski definition) is 0. The van der Waals surface area contributed by atoms with Crippen LogP contribution in [0.4, 0.5) is 0 Å². The van der Waals surface area contributed by atoms with Gasteiger partial charge in [-0.3, -0.25) is 4.90 Å². The summed E-state index contributed by atoms with van der Waals surface area (Å²) >= 11 is 0. The molecule has 1 aromatic carbocycles. The van der Waals surface area contributed by atoms with Crippen molar-refractivity contribution < 1.29 is 0 Å². The van der Waals surface area contributed by atoms with Gasteiger partial charge in [0.2, 0.25) is 0 Å². The number of benzene rings is 1. The molecule has 0 spiro atoms. The van der Waals surface area contributed by atoms with Gasteiger partial charge >= 0.3 is 0 Å². The molecule has 1 unspecified atom stereocenters. The Balaban J connectivity index is 2.95. The molecule has 2 heteroatoms. The standard InChI is InChI=1S/C16H20N2/c1-4-11-18(12-5-2)16(13-17)15-9-7-14(6-3)8-10-15/h4-5,7-10,16H,1-2,6,11-12H2,3H3. The smallest absolute Gasteiger partial charge is 0.124 e. The summed E-state index contributed by atoms with van der Waals surface area (Å²) in [5.74, 6) is 0. The summed E-state index contributed by atoms with van der Waals surface area (Å²) < 4.78 is 0. The molecule has 0 heterocycles. The highest BCUT2D eigenvalue weighted by Gasteiger charge is 2.17. The van der Waals surface area contributed by atoms with Crippen LogP contribution in [0.1, 0.15) is 24.1 Å². The van der Waals surface area contributed by atoms with Crippen LogP contribution in [0.3, 0.4) is 0 Å². The van der Waals surface area contributed by atoms with Crippen LogP contribution in [0.25, 0.3) is 0 Å². The van der Waals surface area contributed by atoms with E-state index >= 15 is 0 Å². The van der Waals surface area contributed by atoms with Crippen molar-refractivity contribution in [1.29, 1.82) is 5.26 Å². The van der Waals surface area contributed by atoms with Gasteiger partial charge in [-0.1, -0.05) is 43.3 Å². The Kier molecular flexibility index (Phi) is 5.90. The van der Waals surface area contributed by atoms with Crippen molar-refractivity contribution in [3.05, 3.63) is 60.7 Å². The fraction of sp³-hybridized carbons (Fsp3) is 0.312. The predicted molar refractivity (Wildman–Crippen MR) is 76.1 cm³/mol. The molecule has 0 fully saturated rings. The highest BCUT2D eigenvalue weighted by Crippen LogP contribution is 2.20. The Hall–Kier alpha value is -1.85. The molecule has 0 saturated heterocycles. The van der Waals surface area contributed by atoms with Crippen LogP contribution in [0.15, 0.2) is 49.6 Å². The number of nitriles is 1. The Bertz CT molecular complexity index is 415. The van der Waals surface area contributed by atoms with Gasteiger partial charge in [0.05, 0.1) is 6.07 Å². The minimum atomic E-state index is -0.244. The van der Waals surface area contributed by atoms with Crippen molar-refractivity contribution in [1.82, 2.24) is 4.90 Å². The Morgan fingerprint density at radius 3 is 2.17 bits per heavy atom. The van der Waals surface area contributed by atoms with E-state index in [1.165, 1.54) is 5.56 Å². The first-order valence-corrected chi connectivity index (χ1v) is 6.21. The summed E-state index contributed by atoms with van der Waals surface area (Å²) in [6.07, 6.45) is 4.64. The average molecular weight is 240 g/mol. The molecular formula is C16H20N2. The van der Waals surface area contributed by atoms with Gasteiger partial charge < -0.3 is 0 Å². The predicted octanol–water partition coefficient (Wildman–Crippen LogP) is 3.49. The summed E-state index contributed by atoms with van der Waals surface area (Å²) in [7, 11) is 0. The molecule has 0 radical (unpaired) electrons. The molecule has 0 saturated carbocycles. The van der Waals surface area contributed by atoms with Gasteiger partial charge in [0, 0.05) is 13.1 Å². The largest absolute Gasteiger partial charge is 0.277 e. The van der Waals surface area contributed by atoms with Crippen LogP contribution in [-0.4, -0.2) is 18.0 Å². The minimum Gasteiger partial charge on any atom is -0.277 e. The number of rotatable bonds is 7. The maximum atomic E-state index is 9.37. The van der Waals surface area contributed by atoms with E-state index in [2.05, 4.69) is 38.3 Å². The zero-order valence-electron chi connectivity index (χ0n) is 11.0. The van der Waals surface area contributed by atoms with E-state index < -0.39 is 0 Å². The topological polar surface area (TPSA) is 27.0 Å². The van der Waals surface area contributed by atoms with Gasteiger partial charge in [-0.25, -0.2) is 0 Å². The molecule has 0 aliphatic rings. The van der Waals surface area contributed by atoms with E-state index in [1.54, 1.807) is 0 Å². The number of hydrogen-bond acceptors (Lipinski definition) is 2. The number of aryl methyl sites for hydroxylation is 1. The van der Waals surface area contributed by atoms with Crippen LogP contribution in [0, 0.1) is 11.3 Å². The van der Waals surface area contributed by atoms with Crippen molar-refractivity contribution in [2.75, 3.05) is 13.1 Å². The summed E-state index contributed by atoms with van der Waals surface area (Å²) in [5.41, 5.74) is 2.31. The summed E-state index contributed by atoms with van der Waals surface area (Å²) in [6.45, 7) is 11.0. The maximum Gasteiger partial charge on any atom is 0.124 e. The second kappa shape index (κ2) is 7.47. The summed E-state index contributed by atoms with van der Waals surface area (Å²) in [4.78, 5) is 2.04. The third-order valence-corrected chi connectivity index (χ3v) is 2.92. The molecule has 0 aliphatic carbocycles. The van der Waals surface area contributed by atoms with Gasteiger partial charge in [0.25, 0.3) is 0 Å². The van der Waals surface area contributed by atoms with E-state index in [9.17, 15) is 5.26 Å². The summed E-state index contributed by atoms with van der Waals surface area (Å²) in [5, 5.41) is 9.37. The minimum absolute atomic E-state index is 0.244. The molecule has 1 atom stereocenters. The van der Waals surface area contributed by atoms with E-state index in [4.69, 9.17) is 0 Å². The fourth-order valence-electron chi connectivity index (χ4n) is 1.92. The van der Waals surface area contributed by atoms with Gasteiger partial charge in [-0.2, -0.15) is 5.26 Å². The first kappa shape index (κ1) is 14.2. The first-order valence-electron chi connectivity index (χ1n) is 6.21. The van der Waals surface area contributed by atoms with Crippen molar-refractivity contribution in [3.8, 4) is 6.07 Å². The van der Waals surface area contributed by atoms with Crippen molar-refractivity contribution in [3.63, 3.8) is 0 Å².